The number of carbonyl (C=O) groups is 2. The number of hydrogen-bond donors (Lipinski definition) is 1. The molecule has 3 atom stereocenters. The van der Waals surface area contributed by atoms with Gasteiger partial charge in [-0.15, -0.1) is 23.1 Å². The van der Waals surface area contributed by atoms with E-state index in [0.717, 1.165) is 15.5 Å². The van der Waals surface area contributed by atoms with Gasteiger partial charge in [0.1, 0.15) is 12.3 Å². The fourth-order valence-corrected chi connectivity index (χ4v) is 5.30. The van der Waals surface area contributed by atoms with E-state index in [4.69, 9.17) is 4.74 Å². The van der Waals surface area contributed by atoms with Gasteiger partial charge in [-0.05, 0) is 13.8 Å². The number of aliphatic hydroxyl groups excluding tert-OH is 1. The third kappa shape index (κ3) is 3.26. The van der Waals surface area contributed by atoms with E-state index in [1.807, 2.05) is 6.92 Å². The molecule has 6 nitrogen and oxygen atoms in total. The number of amides is 1. The second kappa shape index (κ2) is 7.31. The fourth-order valence-electron chi connectivity index (χ4n) is 3.17. The molecule has 3 rings (SSSR count). The van der Waals surface area contributed by atoms with Crippen LogP contribution in [0.2, 0.25) is 0 Å². The van der Waals surface area contributed by atoms with E-state index in [2.05, 4.69) is 11.6 Å². The van der Waals surface area contributed by atoms with Gasteiger partial charge in [-0.2, -0.15) is 0 Å². The van der Waals surface area contributed by atoms with Crippen LogP contribution < -0.4 is 0 Å². The molecule has 3 unspecified atom stereocenters. The Hall–Kier alpha value is -1.64. The molecule has 0 aromatic carbocycles. The molecule has 1 saturated heterocycles. The molecule has 0 saturated carbocycles. The summed E-state index contributed by atoms with van der Waals surface area (Å²) in [7, 11) is 0. The van der Waals surface area contributed by atoms with Crippen molar-refractivity contribution in [2.24, 2.45) is 5.92 Å². The van der Waals surface area contributed by atoms with Crippen LogP contribution in [0.3, 0.4) is 0 Å². The lowest BCUT2D eigenvalue weighted by Gasteiger charge is -2.44. The zero-order chi connectivity index (χ0) is 18.1. The van der Waals surface area contributed by atoms with Gasteiger partial charge in [0, 0.05) is 22.0 Å². The summed E-state index contributed by atoms with van der Waals surface area (Å²) in [5.41, 5.74) is 3.10. The van der Waals surface area contributed by atoms with E-state index in [-0.39, 0.29) is 18.6 Å². The van der Waals surface area contributed by atoms with E-state index in [1.165, 1.54) is 22.7 Å². The van der Waals surface area contributed by atoms with Gasteiger partial charge in [-0.1, -0.05) is 12.7 Å². The van der Waals surface area contributed by atoms with Crippen LogP contribution in [0.15, 0.2) is 28.8 Å². The van der Waals surface area contributed by atoms with Gasteiger partial charge >= 0.3 is 5.97 Å². The van der Waals surface area contributed by atoms with Crippen LogP contribution in [-0.4, -0.2) is 45.6 Å². The Morgan fingerprint density at radius 1 is 1.68 bits per heavy atom. The molecule has 1 amide bonds. The molecule has 1 fully saturated rings. The minimum absolute atomic E-state index is 0.0980. The fraction of sp³-hybridized carbons (Fsp3) is 0.471. The molecular weight excluding hydrogens is 360 g/mol. The first kappa shape index (κ1) is 18.2. The SMILES string of the molecule is C=CCOC(=O)C1=C(SCc2scnc2C)CC2C(C(C)O)C(=O)N12. The standard InChI is InChI=1S/C17H20N2O4S2/c1-4-5-23-17(22)15-12(24-7-13-9(2)18-8-25-13)6-11-14(10(3)20)16(21)19(11)15/h4,8,10-11,14,20H,1,5-7H2,2-3H3. The maximum Gasteiger partial charge on any atom is 0.356 e. The molecule has 8 heteroatoms. The van der Waals surface area contributed by atoms with Gasteiger partial charge in [0.15, 0.2) is 0 Å². The lowest BCUT2D eigenvalue weighted by molar-refractivity contribution is -0.162. The molecule has 1 aromatic rings. The molecule has 3 heterocycles. The highest BCUT2D eigenvalue weighted by Crippen LogP contribution is 2.48. The molecule has 2 aliphatic rings. The summed E-state index contributed by atoms with van der Waals surface area (Å²) in [5.74, 6) is -0.484. The minimum Gasteiger partial charge on any atom is -0.457 e. The van der Waals surface area contributed by atoms with Crippen molar-refractivity contribution in [2.45, 2.75) is 38.2 Å². The first-order chi connectivity index (χ1) is 12.0. The van der Waals surface area contributed by atoms with Crippen LogP contribution in [0, 0.1) is 12.8 Å². The number of aliphatic hydroxyl groups is 1. The van der Waals surface area contributed by atoms with Crippen molar-refractivity contribution < 1.29 is 19.4 Å². The average molecular weight is 380 g/mol. The minimum atomic E-state index is -0.729. The predicted molar refractivity (Wildman–Crippen MR) is 96.7 cm³/mol. The molecule has 0 aliphatic carbocycles. The number of hydrogen-bond acceptors (Lipinski definition) is 7. The summed E-state index contributed by atoms with van der Waals surface area (Å²) < 4.78 is 5.17. The average Bonchev–Trinajstić information content (AvgIpc) is 3.11. The topological polar surface area (TPSA) is 79.7 Å². The van der Waals surface area contributed by atoms with Gasteiger partial charge in [0.05, 0.1) is 29.3 Å². The first-order valence-corrected chi connectivity index (χ1v) is 9.86. The number of rotatable bonds is 7. The number of thiazole rings is 1. The Balaban J connectivity index is 1.82. The van der Waals surface area contributed by atoms with E-state index >= 15 is 0 Å². The molecule has 25 heavy (non-hydrogen) atoms. The van der Waals surface area contributed by atoms with E-state index in [0.29, 0.717) is 17.9 Å². The lowest BCUT2D eigenvalue weighted by atomic mass is 9.83. The Labute approximate surface area is 154 Å². The van der Waals surface area contributed by atoms with Gasteiger partial charge in [0.25, 0.3) is 0 Å². The highest BCUT2D eigenvalue weighted by molar-refractivity contribution is 8.02. The van der Waals surface area contributed by atoms with Crippen molar-refractivity contribution in [1.29, 1.82) is 0 Å². The van der Waals surface area contributed by atoms with Crippen molar-refractivity contribution in [3.63, 3.8) is 0 Å². The maximum absolute atomic E-state index is 12.4. The normalized spacial score (nSPS) is 23.3. The first-order valence-electron chi connectivity index (χ1n) is 7.99. The number of carbonyl (C=O) groups excluding carboxylic acids is 2. The second-order valence-corrected chi connectivity index (χ2v) is 8.06. The molecule has 134 valence electrons. The predicted octanol–water partition coefficient (Wildman–Crippen LogP) is 2.24. The Kier molecular flexibility index (Phi) is 5.31. The van der Waals surface area contributed by atoms with E-state index in [9.17, 15) is 14.7 Å². The summed E-state index contributed by atoms with van der Waals surface area (Å²) in [5, 5.41) is 9.85. The monoisotopic (exact) mass is 380 g/mol. The summed E-state index contributed by atoms with van der Waals surface area (Å²) in [6, 6.07) is -0.163. The third-order valence-corrected chi connectivity index (χ3v) is 6.70. The van der Waals surface area contributed by atoms with Crippen molar-refractivity contribution >= 4 is 35.0 Å². The number of nitrogens with zero attached hydrogens (tertiary/aromatic N) is 2. The summed E-state index contributed by atoms with van der Waals surface area (Å²) in [4.78, 5) is 32.5. The maximum atomic E-state index is 12.4. The number of aromatic nitrogens is 1. The van der Waals surface area contributed by atoms with Gasteiger partial charge in [0.2, 0.25) is 5.91 Å². The van der Waals surface area contributed by atoms with Gasteiger partial charge < -0.3 is 14.7 Å². The van der Waals surface area contributed by atoms with Crippen LogP contribution in [0.25, 0.3) is 0 Å². The second-order valence-electron chi connectivity index (χ2n) is 6.05. The Morgan fingerprint density at radius 3 is 3.04 bits per heavy atom. The third-order valence-electron chi connectivity index (χ3n) is 4.44. The highest BCUT2D eigenvalue weighted by atomic mass is 32.2. The number of esters is 1. The number of aryl methyl sites for hydroxylation is 1. The van der Waals surface area contributed by atoms with Crippen LogP contribution in [0.5, 0.6) is 0 Å². The van der Waals surface area contributed by atoms with Crippen LogP contribution >= 0.6 is 23.1 Å². The largest absolute Gasteiger partial charge is 0.457 e. The van der Waals surface area contributed by atoms with E-state index in [1.54, 1.807) is 23.8 Å². The van der Waals surface area contributed by atoms with Crippen molar-refractivity contribution in [3.05, 3.63) is 39.3 Å². The Bertz CT molecular complexity index is 741. The zero-order valence-electron chi connectivity index (χ0n) is 14.1. The van der Waals surface area contributed by atoms with Crippen LogP contribution in [-0.2, 0) is 20.1 Å². The molecule has 0 bridgehead atoms. The molecule has 2 aliphatic heterocycles. The molecule has 0 radical (unpaired) electrons. The molecular formula is C17H20N2O4S2. The number of fused-ring (bicyclic) bond motifs is 1. The highest BCUT2D eigenvalue weighted by Gasteiger charge is 2.56. The zero-order valence-corrected chi connectivity index (χ0v) is 15.7. The number of thioether (sulfide) groups is 1. The molecule has 0 spiro atoms. The Morgan fingerprint density at radius 2 is 2.44 bits per heavy atom. The molecule has 1 aromatic heterocycles. The number of β-lactam (4-membered cyclic amide) rings is 1. The number of ether oxygens (including phenoxy) is 1. The molecule has 1 N–H and O–H groups in total. The van der Waals surface area contributed by atoms with Crippen molar-refractivity contribution in [2.75, 3.05) is 6.61 Å². The van der Waals surface area contributed by atoms with Crippen LogP contribution in [0.4, 0.5) is 0 Å². The van der Waals surface area contributed by atoms with Crippen molar-refractivity contribution in [3.8, 4) is 0 Å². The summed E-state index contributed by atoms with van der Waals surface area (Å²) in [6.45, 7) is 7.20. The summed E-state index contributed by atoms with van der Waals surface area (Å²) in [6.07, 6.45) is 1.34. The summed E-state index contributed by atoms with van der Waals surface area (Å²) >= 11 is 3.11. The smallest absolute Gasteiger partial charge is 0.356 e. The lowest BCUT2D eigenvalue weighted by Crippen LogP contribution is -2.61. The quantitative estimate of drug-likeness (QED) is 0.444. The van der Waals surface area contributed by atoms with Crippen molar-refractivity contribution in [1.82, 2.24) is 9.88 Å². The van der Waals surface area contributed by atoms with Crippen LogP contribution in [0.1, 0.15) is 23.9 Å². The van der Waals surface area contributed by atoms with E-state index < -0.39 is 18.0 Å². The van der Waals surface area contributed by atoms with Gasteiger partial charge in [-0.25, -0.2) is 9.78 Å². The van der Waals surface area contributed by atoms with Gasteiger partial charge in [-0.3, -0.25) is 4.79 Å².